The molecule has 12 rings (SSSR count). The SMILES string of the molecule is COc1ccc(C(OC[C@H]2O[C@@H](n3cnc4c(NC(=O)c5ccc(CNC(=O)CCCC(=O)OCC6c7ccccc7-c7ccccc76)cc5)ncnc43)CC2OP(OCCC#N)OC[C@H]2O[C@@H](n3cc(C)c(=O)[nH]c3=O)CC2OP(OCCC#N)N(C(C)C)C(C)C)(c2ccccc2)c2ccc(OC)cc2)cc1. The Kier molecular flexibility index (Phi) is 26.7. The number of nitrogens with zero attached hydrogens (tertiary/aromatic N) is 8. The lowest BCUT2D eigenvalue weighted by atomic mass is 9.80. The van der Waals surface area contributed by atoms with Gasteiger partial charge in [0.25, 0.3) is 20.0 Å². The number of hydrogen-bond acceptors (Lipinski definition) is 22. The number of carbonyl (C=O) groups excluding carboxylic acids is 3. The lowest BCUT2D eigenvalue weighted by Crippen LogP contribution is -2.38. The summed E-state index contributed by atoms with van der Waals surface area (Å²) in [5, 5.41) is 25.2. The van der Waals surface area contributed by atoms with E-state index in [-0.39, 0.29) is 125 Å². The summed E-state index contributed by atoms with van der Waals surface area (Å²) in [6.45, 7) is 9.67. The van der Waals surface area contributed by atoms with Crippen LogP contribution in [0.25, 0.3) is 22.3 Å². The van der Waals surface area contributed by atoms with Crippen molar-refractivity contribution in [3.8, 4) is 34.8 Å². The van der Waals surface area contributed by atoms with Gasteiger partial charge < -0.3 is 61.7 Å². The third-order valence-electron chi connectivity index (χ3n) is 19.1. The molecule has 109 heavy (non-hydrogen) atoms. The first-order valence-electron chi connectivity index (χ1n) is 36.1. The van der Waals surface area contributed by atoms with Crippen molar-refractivity contribution in [2.24, 2.45) is 0 Å². The summed E-state index contributed by atoms with van der Waals surface area (Å²) in [4.78, 5) is 82.3. The number of ether oxygens (including phenoxy) is 6. The first kappa shape index (κ1) is 78.6. The van der Waals surface area contributed by atoms with Crippen LogP contribution in [-0.2, 0) is 63.3 Å². The fourth-order valence-electron chi connectivity index (χ4n) is 13.7. The van der Waals surface area contributed by atoms with E-state index in [1.807, 2.05) is 131 Å². The summed E-state index contributed by atoms with van der Waals surface area (Å²) in [6, 6.07) is 52.2. The van der Waals surface area contributed by atoms with E-state index in [4.69, 9.17) is 56.0 Å². The van der Waals surface area contributed by atoms with Crippen LogP contribution < -0.4 is 31.4 Å². The number of fused-ring (bicyclic) bond motifs is 4. The van der Waals surface area contributed by atoms with Crippen LogP contribution in [0.4, 0.5) is 5.82 Å². The fraction of sp³-hybridized carbons (Fsp3) is 0.375. The maximum absolute atomic E-state index is 14.1. The minimum Gasteiger partial charge on any atom is -0.497 e. The van der Waals surface area contributed by atoms with Crippen molar-refractivity contribution in [1.82, 2.24) is 39.1 Å². The Morgan fingerprint density at radius 2 is 1.27 bits per heavy atom. The summed E-state index contributed by atoms with van der Waals surface area (Å²) in [5.41, 5.74) is 6.15. The van der Waals surface area contributed by atoms with Crippen LogP contribution in [0.2, 0.25) is 0 Å². The van der Waals surface area contributed by atoms with Gasteiger partial charge in [0, 0.05) is 67.6 Å². The topological polar surface area (TPSA) is 326 Å². The number of aromatic nitrogens is 6. The maximum atomic E-state index is 14.1. The molecule has 2 aliphatic heterocycles. The molecule has 0 spiro atoms. The van der Waals surface area contributed by atoms with Gasteiger partial charge >= 0.3 is 20.3 Å². The molecule has 27 nitrogen and oxygen atoms in total. The largest absolute Gasteiger partial charge is 0.497 e. The van der Waals surface area contributed by atoms with Crippen molar-refractivity contribution < 1.29 is 65.4 Å². The van der Waals surface area contributed by atoms with Crippen molar-refractivity contribution >= 4 is 51.9 Å². The number of anilines is 1. The molecule has 2 amide bonds. The lowest BCUT2D eigenvalue weighted by Gasteiger charge is -2.37. The van der Waals surface area contributed by atoms with Crippen LogP contribution in [0.5, 0.6) is 11.5 Å². The predicted octanol–water partition coefficient (Wildman–Crippen LogP) is 12.9. The molecule has 2 saturated heterocycles. The number of amides is 2. The van der Waals surface area contributed by atoms with Crippen molar-refractivity contribution in [2.45, 2.75) is 147 Å². The number of hydrogen-bond donors (Lipinski definition) is 3. The monoisotopic (exact) mass is 1520 g/mol. The highest BCUT2D eigenvalue weighted by atomic mass is 31.2. The Morgan fingerprint density at radius 1 is 0.679 bits per heavy atom. The summed E-state index contributed by atoms with van der Waals surface area (Å²) < 4.78 is 76.8. The van der Waals surface area contributed by atoms with Crippen LogP contribution in [0, 0.1) is 29.6 Å². The molecule has 4 unspecified atom stereocenters. The quantitative estimate of drug-likeness (QED) is 0.0142. The van der Waals surface area contributed by atoms with Gasteiger partial charge in [-0.25, -0.2) is 24.4 Å². The number of nitrogens with one attached hydrogen (secondary N) is 3. The summed E-state index contributed by atoms with van der Waals surface area (Å²) in [7, 11) is -1.07. The van der Waals surface area contributed by atoms with E-state index in [0.29, 0.717) is 29.1 Å². The van der Waals surface area contributed by atoms with Crippen molar-refractivity contribution in [2.75, 3.05) is 52.6 Å². The normalized spacial score (nSPS) is 18.1. The molecule has 0 bridgehead atoms. The van der Waals surface area contributed by atoms with Gasteiger partial charge in [-0.3, -0.25) is 33.3 Å². The molecule has 9 aromatic rings. The second-order valence-corrected chi connectivity index (χ2v) is 29.4. The summed E-state index contributed by atoms with van der Waals surface area (Å²) in [6.07, 6.45) is -0.258. The number of H-pyrrole nitrogens is 1. The minimum absolute atomic E-state index is 0.0274. The average Bonchev–Trinajstić information content (AvgIpc) is 1.49. The highest BCUT2D eigenvalue weighted by molar-refractivity contribution is 7.44. The maximum Gasteiger partial charge on any atom is 0.333 e. The molecule has 8 atom stereocenters. The number of nitriles is 2. The molecule has 3 aromatic heterocycles. The van der Waals surface area contributed by atoms with E-state index < -0.39 is 76.8 Å². The zero-order valence-electron chi connectivity index (χ0n) is 61.6. The van der Waals surface area contributed by atoms with Crippen LogP contribution in [0.15, 0.2) is 180 Å². The molecule has 5 heterocycles. The van der Waals surface area contributed by atoms with E-state index >= 15 is 0 Å². The van der Waals surface area contributed by atoms with Gasteiger partial charge in [0.15, 0.2) is 17.0 Å². The Balaban J connectivity index is 0.775. The smallest absolute Gasteiger partial charge is 0.333 e. The number of methoxy groups -OCH3 is 2. The summed E-state index contributed by atoms with van der Waals surface area (Å²) >= 11 is 0. The van der Waals surface area contributed by atoms with Gasteiger partial charge in [-0.05, 0) is 122 Å². The molecular weight excluding hydrogens is 1430 g/mol. The van der Waals surface area contributed by atoms with Gasteiger partial charge in [0.2, 0.25) is 5.91 Å². The second-order valence-electron chi connectivity index (χ2n) is 26.9. The van der Waals surface area contributed by atoms with Gasteiger partial charge in [-0.2, -0.15) is 10.5 Å². The number of aromatic amines is 1. The average molecular weight is 1520 g/mol. The molecule has 0 radical (unpaired) electrons. The van der Waals surface area contributed by atoms with E-state index in [9.17, 15) is 34.5 Å². The van der Waals surface area contributed by atoms with E-state index in [2.05, 4.69) is 66.7 Å². The molecular formula is C80H87N11O16P2. The number of benzene rings is 6. The standard InChI is InChI=1S/C80H87N11O16P2/c1-51(2)91(52(3)4)108(101-40-16-38-81)106-66-42-71(89-45-53(5)77(94)88-79(89)96)105-69(66)48-103-109(102-41-17-39-82)107-67-43-72(104-68(67)47-100-80(56-18-9-8-10-19-56,57-30-34-59(97-6)35-31-57)58-32-36-60(98-7)37-33-58)90-50-86-74-75(84-49-85-76(74)90)87-78(95)55-28-26-54(27-29-55)44-83-70(92)24-15-25-73(93)99-46-65-63-22-13-11-20-61(63)62-21-12-14-23-64(62)65/h8-14,18-23,26-37,45,49-52,65-69,71-72H,15-17,24-25,40-44,46-48H2,1-7H3,(H,83,92)(H,88,94,96)(H,84,85,87,95)/t66?,67?,68-,69-,71-,72-,108?,109?/m1/s1. The molecule has 0 saturated carbocycles. The number of esters is 1. The number of imidazole rings is 1. The molecule has 568 valence electrons. The van der Waals surface area contributed by atoms with Crippen LogP contribution >= 0.6 is 17.1 Å². The molecule has 29 heteroatoms. The minimum atomic E-state index is -2.42. The van der Waals surface area contributed by atoms with Gasteiger partial charge in [-0.15, -0.1) is 0 Å². The van der Waals surface area contributed by atoms with Crippen molar-refractivity contribution in [3.63, 3.8) is 0 Å². The molecule has 3 N–H and O–H groups in total. The number of rotatable bonds is 36. The Hall–Kier alpha value is -9.96. The molecule has 1 aliphatic carbocycles. The second kappa shape index (κ2) is 37.0. The predicted molar refractivity (Wildman–Crippen MR) is 405 cm³/mol. The highest BCUT2D eigenvalue weighted by Gasteiger charge is 2.47. The first-order valence-corrected chi connectivity index (χ1v) is 38.3. The van der Waals surface area contributed by atoms with Gasteiger partial charge in [0.1, 0.15) is 54.7 Å². The van der Waals surface area contributed by atoms with Crippen molar-refractivity contribution in [3.05, 3.63) is 236 Å². The Bertz CT molecular complexity index is 4700. The summed E-state index contributed by atoms with van der Waals surface area (Å²) in [5.74, 6) is 0.226. The van der Waals surface area contributed by atoms with Gasteiger partial charge in [0.05, 0.1) is 84.2 Å². The Morgan fingerprint density at radius 3 is 1.89 bits per heavy atom. The van der Waals surface area contributed by atoms with Crippen LogP contribution in [0.1, 0.15) is 140 Å². The zero-order chi connectivity index (χ0) is 76.6. The molecule has 6 aromatic carbocycles. The molecule has 3 aliphatic rings. The Labute approximate surface area is 633 Å². The van der Waals surface area contributed by atoms with E-state index in [0.717, 1.165) is 44.5 Å². The zero-order valence-corrected chi connectivity index (χ0v) is 63.3. The number of aryl methyl sites for hydroxylation is 1. The van der Waals surface area contributed by atoms with Crippen LogP contribution in [0.3, 0.4) is 0 Å². The third kappa shape index (κ3) is 18.7. The number of carbonyl (C=O) groups is 3. The van der Waals surface area contributed by atoms with E-state index in [1.165, 1.54) is 23.4 Å². The van der Waals surface area contributed by atoms with Crippen molar-refractivity contribution in [1.29, 1.82) is 10.5 Å². The van der Waals surface area contributed by atoms with Crippen LogP contribution in [-0.4, -0.2) is 135 Å². The van der Waals surface area contributed by atoms with E-state index in [1.54, 1.807) is 50.0 Å². The fourth-order valence-corrected chi connectivity index (χ4v) is 16.6. The lowest BCUT2D eigenvalue weighted by molar-refractivity contribution is -0.144. The molecule has 2 fully saturated rings. The third-order valence-corrected chi connectivity index (χ3v) is 22.4. The van der Waals surface area contributed by atoms with Gasteiger partial charge in [-0.1, -0.05) is 115 Å². The highest BCUT2D eigenvalue weighted by Crippen LogP contribution is 2.53. The first-order chi connectivity index (χ1) is 53.0.